The third-order valence-corrected chi connectivity index (χ3v) is 4.85. The van der Waals surface area contributed by atoms with E-state index in [1.807, 2.05) is 20.8 Å². The molecule has 1 unspecified atom stereocenters. The summed E-state index contributed by atoms with van der Waals surface area (Å²) in [5, 5.41) is 0. The lowest BCUT2D eigenvalue weighted by atomic mass is 10.0. The van der Waals surface area contributed by atoms with Crippen LogP contribution >= 0.6 is 0 Å². The molecular weight excluding hydrogens is 258 g/mol. The average Bonchev–Trinajstić information content (AvgIpc) is 2.25. The predicted molar refractivity (Wildman–Crippen MR) is 66.6 cm³/mol. The van der Waals surface area contributed by atoms with Gasteiger partial charge < -0.3 is 9.47 Å². The third kappa shape index (κ3) is 4.22. The number of nitrogens with zero attached hydrogens (tertiary/aromatic N) is 1. The number of sulfonamides is 1. The van der Waals surface area contributed by atoms with Crippen molar-refractivity contribution in [1.82, 2.24) is 4.31 Å². The van der Waals surface area contributed by atoms with Crippen molar-refractivity contribution in [3.63, 3.8) is 0 Å². The normalized spacial score (nSPS) is 22.8. The molecule has 0 spiro atoms. The quantitative estimate of drug-likeness (QED) is 0.692. The number of morpholine rings is 1. The van der Waals surface area contributed by atoms with Gasteiger partial charge in [0, 0.05) is 6.54 Å². The molecule has 0 bridgehead atoms. The zero-order valence-electron chi connectivity index (χ0n) is 11.3. The molecule has 0 aromatic rings. The maximum Gasteiger partial charge on any atom is 0.336 e. The summed E-state index contributed by atoms with van der Waals surface area (Å²) in [4.78, 5) is 11.4. The molecule has 18 heavy (non-hydrogen) atoms. The summed E-state index contributed by atoms with van der Waals surface area (Å²) >= 11 is 0. The van der Waals surface area contributed by atoms with Gasteiger partial charge in [-0.1, -0.05) is 20.8 Å². The monoisotopic (exact) mass is 279 g/mol. The first kappa shape index (κ1) is 15.4. The summed E-state index contributed by atoms with van der Waals surface area (Å²) in [5.74, 6) is -0.487. The molecule has 0 aromatic heterocycles. The molecule has 0 amide bonds. The van der Waals surface area contributed by atoms with Crippen LogP contribution in [0, 0.1) is 5.41 Å². The van der Waals surface area contributed by atoms with Crippen molar-refractivity contribution in [3.8, 4) is 0 Å². The van der Waals surface area contributed by atoms with Crippen LogP contribution in [0.1, 0.15) is 20.8 Å². The van der Waals surface area contributed by atoms with Gasteiger partial charge in [0.25, 0.3) is 0 Å². The standard InChI is InChI=1S/C11H21NO5S/c1-11(2,3)8-18(14,15)12-5-6-17-9(7-12)10(13)16-4/h9H,5-8H2,1-4H3. The SMILES string of the molecule is COC(=O)C1CN(S(=O)(=O)CC(C)(C)C)CCO1. The molecule has 0 saturated carbocycles. The van der Waals surface area contributed by atoms with Gasteiger partial charge in [0.15, 0.2) is 6.10 Å². The number of carbonyl (C=O) groups is 1. The van der Waals surface area contributed by atoms with Gasteiger partial charge in [0.05, 0.1) is 26.0 Å². The molecule has 0 aliphatic carbocycles. The van der Waals surface area contributed by atoms with Crippen molar-refractivity contribution in [2.24, 2.45) is 5.41 Å². The molecule has 1 atom stereocenters. The van der Waals surface area contributed by atoms with E-state index in [0.717, 1.165) is 0 Å². The topological polar surface area (TPSA) is 72.9 Å². The molecule has 1 aliphatic heterocycles. The van der Waals surface area contributed by atoms with Crippen molar-refractivity contribution in [3.05, 3.63) is 0 Å². The van der Waals surface area contributed by atoms with Gasteiger partial charge in [-0.15, -0.1) is 0 Å². The molecule has 1 saturated heterocycles. The van der Waals surface area contributed by atoms with Crippen molar-refractivity contribution < 1.29 is 22.7 Å². The number of rotatable bonds is 3. The van der Waals surface area contributed by atoms with E-state index in [2.05, 4.69) is 4.74 Å². The molecule has 1 rings (SSSR count). The molecule has 7 heteroatoms. The van der Waals surface area contributed by atoms with Gasteiger partial charge in [-0.25, -0.2) is 13.2 Å². The van der Waals surface area contributed by atoms with Crippen molar-refractivity contribution in [2.45, 2.75) is 26.9 Å². The molecule has 6 nitrogen and oxygen atoms in total. The molecule has 0 radical (unpaired) electrons. The van der Waals surface area contributed by atoms with Crippen LogP contribution in [0.4, 0.5) is 0 Å². The first-order valence-electron chi connectivity index (χ1n) is 5.83. The zero-order chi connectivity index (χ0) is 14.0. The van der Waals surface area contributed by atoms with Crippen LogP contribution in [0.15, 0.2) is 0 Å². The van der Waals surface area contributed by atoms with Gasteiger partial charge in [-0.2, -0.15) is 4.31 Å². The molecule has 106 valence electrons. The van der Waals surface area contributed by atoms with E-state index in [1.54, 1.807) is 0 Å². The van der Waals surface area contributed by atoms with Crippen molar-refractivity contribution in [2.75, 3.05) is 32.6 Å². The fourth-order valence-corrected chi connectivity index (χ4v) is 3.78. The highest BCUT2D eigenvalue weighted by Gasteiger charge is 2.35. The second-order valence-electron chi connectivity index (χ2n) is 5.56. The zero-order valence-corrected chi connectivity index (χ0v) is 12.1. The van der Waals surface area contributed by atoms with Crippen molar-refractivity contribution in [1.29, 1.82) is 0 Å². The summed E-state index contributed by atoms with van der Waals surface area (Å²) in [6, 6.07) is 0. The molecule has 1 fully saturated rings. The highest BCUT2D eigenvalue weighted by molar-refractivity contribution is 7.89. The lowest BCUT2D eigenvalue weighted by molar-refractivity contribution is -0.157. The first-order valence-corrected chi connectivity index (χ1v) is 7.44. The van der Waals surface area contributed by atoms with Gasteiger partial charge in [0.1, 0.15) is 0 Å². The lowest BCUT2D eigenvalue weighted by Gasteiger charge is -2.32. The minimum absolute atomic E-state index is 0.0328. The van der Waals surface area contributed by atoms with E-state index in [0.29, 0.717) is 0 Å². The Labute approximate surface area is 108 Å². The number of methoxy groups -OCH3 is 1. The highest BCUT2D eigenvalue weighted by atomic mass is 32.2. The van der Waals surface area contributed by atoms with Crippen LogP contribution in [0.3, 0.4) is 0 Å². The number of hydrogen-bond donors (Lipinski definition) is 0. The smallest absolute Gasteiger partial charge is 0.336 e. The summed E-state index contributed by atoms with van der Waals surface area (Å²) in [6.45, 7) is 6.12. The Hall–Kier alpha value is -0.660. The van der Waals surface area contributed by atoms with Gasteiger partial charge in [0.2, 0.25) is 10.0 Å². The molecule has 0 aromatic carbocycles. The fourth-order valence-electron chi connectivity index (χ4n) is 1.79. The fraction of sp³-hybridized carbons (Fsp3) is 0.909. The maximum absolute atomic E-state index is 12.2. The molecular formula is C11H21NO5S. The Morgan fingerprint density at radius 3 is 2.56 bits per heavy atom. The third-order valence-electron chi connectivity index (χ3n) is 2.50. The summed E-state index contributed by atoms with van der Waals surface area (Å²) in [6.07, 6.45) is -0.821. The molecule has 1 aliphatic rings. The van der Waals surface area contributed by atoms with Crippen LogP contribution in [0.2, 0.25) is 0 Å². The average molecular weight is 279 g/mol. The van der Waals surface area contributed by atoms with E-state index in [9.17, 15) is 13.2 Å². The van der Waals surface area contributed by atoms with E-state index >= 15 is 0 Å². The van der Waals surface area contributed by atoms with E-state index < -0.39 is 22.1 Å². The van der Waals surface area contributed by atoms with Gasteiger partial charge in [-0.3, -0.25) is 0 Å². The Balaban J connectivity index is 2.75. The Bertz CT molecular complexity index is 398. The van der Waals surface area contributed by atoms with Crippen LogP contribution in [-0.4, -0.2) is 57.4 Å². The van der Waals surface area contributed by atoms with Crippen molar-refractivity contribution >= 4 is 16.0 Å². The predicted octanol–water partition coefficient (Wildman–Crippen LogP) is 0.236. The Kier molecular flexibility index (Phi) is 4.74. The number of carbonyl (C=O) groups excluding carboxylic acids is 1. The maximum atomic E-state index is 12.2. The highest BCUT2D eigenvalue weighted by Crippen LogP contribution is 2.20. The van der Waals surface area contributed by atoms with Crippen LogP contribution in [0.5, 0.6) is 0 Å². The van der Waals surface area contributed by atoms with Crippen LogP contribution in [-0.2, 0) is 24.3 Å². The minimum Gasteiger partial charge on any atom is -0.467 e. The van der Waals surface area contributed by atoms with E-state index in [1.165, 1.54) is 11.4 Å². The van der Waals surface area contributed by atoms with E-state index in [4.69, 9.17) is 4.74 Å². The summed E-state index contributed by atoms with van der Waals surface area (Å²) < 4.78 is 35.4. The Morgan fingerprint density at radius 2 is 2.06 bits per heavy atom. The Morgan fingerprint density at radius 1 is 1.44 bits per heavy atom. The number of hydrogen-bond acceptors (Lipinski definition) is 5. The lowest BCUT2D eigenvalue weighted by Crippen LogP contribution is -2.50. The summed E-state index contributed by atoms with van der Waals surface area (Å²) in [5.41, 5.74) is -0.322. The van der Waals surface area contributed by atoms with Gasteiger partial charge >= 0.3 is 5.97 Å². The van der Waals surface area contributed by atoms with Crippen LogP contribution in [0.25, 0.3) is 0 Å². The minimum atomic E-state index is -3.37. The van der Waals surface area contributed by atoms with Gasteiger partial charge in [-0.05, 0) is 5.41 Å². The second-order valence-corrected chi connectivity index (χ2v) is 7.53. The second kappa shape index (κ2) is 5.54. The number of esters is 1. The summed E-state index contributed by atoms with van der Waals surface area (Å²) in [7, 11) is -2.11. The van der Waals surface area contributed by atoms with Crippen LogP contribution < -0.4 is 0 Å². The molecule has 1 heterocycles. The number of ether oxygens (including phenoxy) is 2. The largest absolute Gasteiger partial charge is 0.467 e. The first-order chi connectivity index (χ1) is 8.15. The molecule has 0 N–H and O–H groups in total. The van der Waals surface area contributed by atoms with E-state index in [-0.39, 0.29) is 30.9 Å².